The molecule has 0 aliphatic rings. The second-order valence-electron chi connectivity index (χ2n) is 4.91. The Morgan fingerprint density at radius 1 is 1.28 bits per heavy atom. The van der Waals surface area contributed by atoms with Crippen LogP contribution in [0.1, 0.15) is 27.7 Å². The Balaban J connectivity index is 4.17. The summed E-state index contributed by atoms with van der Waals surface area (Å²) in [5.41, 5.74) is -0.228. The van der Waals surface area contributed by atoms with Crippen molar-refractivity contribution in [2.45, 2.75) is 33.2 Å². The Morgan fingerprint density at radius 3 is 2.44 bits per heavy atom. The number of rotatable bonds is 6. The van der Waals surface area contributed by atoms with Gasteiger partial charge in [-0.05, 0) is 27.7 Å². The molecule has 0 atom stereocenters. The number of hydrogen-bond donors (Lipinski definition) is 3. The van der Waals surface area contributed by atoms with Crippen molar-refractivity contribution < 1.29 is 9.53 Å². The smallest absolute Gasteiger partial charge is 0.242 e. The number of carbonyl (C=O) groups is 1. The highest BCUT2D eigenvalue weighted by Crippen LogP contribution is 1.97. The summed E-state index contributed by atoms with van der Waals surface area (Å²) in [4.78, 5) is 15.8. The number of guanidine groups is 1. The third kappa shape index (κ3) is 9.89. The number of aliphatic imine (C=N–C) groups is 1. The molecule has 1 amide bonds. The highest BCUT2D eigenvalue weighted by molar-refractivity contribution is 5.85. The third-order valence-electron chi connectivity index (χ3n) is 1.84. The molecule has 0 saturated heterocycles. The fourth-order valence-corrected chi connectivity index (χ4v) is 1.22. The van der Waals surface area contributed by atoms with Crippen molar-refractivity contribution in [1.82, 2.24) is 16.0 Å². The van der Waals surface area contributed by atoms with Crippen LogP contribution in [0.2, 0.25) is 0 Å². The molecule has 3 N–H and O–H groups in total. The number of carbonyl (C=O) groups excluding carboxylic acids is 1. The average molecular weight is 258 g/mol. The normalized spacial score (nSPS) is 12.2. The Kier molecular flexibility index (Phi) is 8.11. The molecule has 0 bridgehead atoms. The van der Waals surface area contributed by atoms with E-state index in [1.54, 1.807) is 7.11 Å². The van der Waals surface area contributed by atoms with Gasteiger partial charge in [0.15, 0.2) is 5.96 Å². The maximum atomic E-state index is 11.6. The molecular weight excluding hydrogens is 232 g/mol. The topological polar surface area (TPSA) is 74.8 Å². The lowest BCUT2D eigenvalue weighted by molar-refractivity contribution is -0.121. The van der Waals surface area contributed by atoms with Gasteiger partial charge in [0.1, 0.15) is 6.54 Å². The van der Waals surface area contributed by atoms with Gasteiger partial charge in [0.2, 0.25) is 5.91 Å². The number of ether oxygens (including phenoxy) is 1. The summed E-state index contributed by atoms with van der Waals surface area (Å²) < 4.78 is 4.94. The number of nitrogens with zero attached hydrogens (tertiary/aromatic N) is 1. The van der Waals surface area contributed by atoms with Gasteiger partial charge in [0, 0.05) is 25.7 Å². The van der Waals surface area contributed by atoms with Crippen molar-refractivity contribution in [2.75, 3.05) is 33.4 Å². The SMILES string of the molecule is CCNC(=NCC(=O)NC(C)(C)C)NCCOC. The van der Waals surface area contributed by atoms with Crippen LogP contribution in [0, 0.1) is 0 Å². The van der Waals surface area contributed by atoms with Crippen LogP contribution in [0.15, 0.2) is 4.99 Å². The zero-order valence-corrected chi connectivity index (χ0v) is 12.1. The van der Waals surface area contributed by atoms with Gasteiger partial charge in [-0.15, -0.1) is 0 Å². The number of methoxy groups -OCH3 is 1. The van der Waals surface area contributed by atoms with Crippen molar-refractivity contribution in [3.63, 3.8) is 0 Å². The first kappa shape index (κ1) is 16.7. The van der Waals surface area contributed by atoms with Crippen molar-refractivity contribution in [2.24, 2.45) is 4.99 Å². The predicted octanol–water partition coefficient (Wildman–Crippen LogP) is 0.103. The number of nitrogens with one attached hydrogen (secondary N) is 3. The summed E-state index contributed by atoms with van der Waals surface area (Å²) in [6.07, 6.45) is 0. The fraction of sp³-hybridized carbons (Fsp3) is 0.833. The largest absolute Gasteiger partial charge is 0.383 e. The van der Waals surface area contributed by atoms with Gasteiger partial charge in [-0.25, -0.2) is 4.99 Å². The summed E-state index contributed by atoms with van der Waals surface area (Å²) in [7, 11) is 1.64. The molecule has 106 valence electrons. The van der Waals surface area contributed by atoms with Crippen molar-refractivity contribution in [3.8, 4) is 0 Å². The maximum Gasteiger partial charge on any atom is 0.242 e. The summed E-state index contributed by atoms with van der Waals surface area (Å²) in [5.74, 6) is 0.532. The van der Waals surface area contributed by atoms with Crippen LogP contribution in [-0.2, 0) is 9.53 Å². The average Bonchev–Trinajstić information content (AvgIpc) is 2.24. The van der Waals surface area contributed by atoms with E-state index < -0.39 is 0 Å². The van der Waals surface area contributed by atoms with Crippen LogP contribution in [0.25, 0.3) is 0 Å². The first-order valence-corrected chi connectivity index (χ1v) is 6.21. The molecular formula is C12H26N4O2. The summed E-state index contributed by atoms with van der Waals surface area (Å²) in [6, 6.07) is 0. The van der Waals surface area contributed by atoms with Gasteiger partial charge in [0.25, 0.3) is 0 Å². The lowest BCUT2D eigenvalue weighted by Gasteiger charge is -2.20. The lowest BCUT2D eigenvalue weighted by atomic mass is 10.1. The van der Waals surface area contributed by atoms with Crippen LogP contribution in [0.5, 0.6) is 0 Å². The minimum Gasteiger partial charge on any atom is -0.383 e. The van der Waals surface area contributed by atoms with E-state index in [1.807, 2.05) is 27.7 Å². The Labute approximate surface area is 110 Å². The zero-order chi connectivity index (χ0) is 14.0. The summed E-state index contributed by atoms with van der Waals surface area (Å²) in [6.45, 7) is 9.91. The van der Waals surface area contributed by atoms with Gasteiger partial charge in [-0.2, -0.15) is 0 Å². The first-order valence-electron chi connectivity index (χ1n) is 6.21. The van der Waals surface area contributed by atoms with E-state index >= 15 is 0 Å². The molecule has 0 aliphatic heterocycles. The zero-order valence-electron chi connectivity index (χ0n) is 12.1. The van der Waals surface area contributed by atoms with E-state index in [2.05, 4.69) is 20.9 Å². The lowest BCUT2D eigenvalue weighted by Crippen LogP contribution is -2.43. The minimum atomic E-state index is -0.228. The Hall–Kier alpha value is -1.30. The van der Waals surface area contributed by atoms with Crippen LogP contribution in [-0.4, -0.2) is 50.8 Å². The molecule has 0 unspecified atom stereocenters. The molecule has 0 radical (unpaired) electrons. The number of hydrogen-bond acceptors (Lipinski definition) is 3. The van der Waals surface area contributed by atoms with Gasteiger partial charge < -0.3 is 20.7 Å². The van der Waals surface area contributed by atoms with E-state index in [0.29, 0.717) is 19.1 Å². The van der Waals surface area contributed by atoms with Crippen LogP contribution in [0.4, 0.5) is 0 Å². The molecule has 0 aromatic carbocycles. The minimum absolute atomic E-state index is 0.0913. The first-order chi connectivity index (χ1) is 8.39. The van der Waals surface area contributed by atoms with Crippen molar-refractivity contribution in [1.29, 1.82) is 0 Å². The summed E-state index contributed by atoms with van der Waals surface area (Å²) >= 11 is 0. The quantitative estimate of drug-likeness (QED) is 0.359. The van der Waals surface area contributed by atoms with Crippen LogP contribution < -0.4 is 16.0 Å². The van der Waals surface area contributed by atoms with E-state index in [-0.39, 0.29) is 18.0 Å². The number of amides is 1. The standard InChI is InChI=1S/C12H26N4O2/c1-6-13-11(14-7-8-18-5)15-9-10(17)16-12(2,3)4/h6-9H2,1-5H3,(H,16,17)(H2,13,14,15). The molecule has 6 heteroatoms. The van der Waals surface area contributed by atoms with Crippen molar-refractivity contribution in [3.05, 3.63) is 0 Å². The highest BCUT2D eigenvalue weighted by Gasteiger charge is 2.13. The molecule has 0 fully saturated rings. The molecule has 0 aromatic rings. The molecule has 0 aliphatic carbocycles. The second kappa shape index (κ2) is 8.74. The van der Waals surface area contributed by atoms with Crippen molar-refractivity contribution >= 4 is 11.9 Å². The summed E-state index contributed by atoms with van der Waals surface area (Å²) in [5, 5.41) is 8.99. The molecule has 0 spiro atoms. The van der Waals surface area contributed by atoms with E-state index in [1.165, 1.54) is 0 Å². The van der Waals surface area contributed by atoms with Crippen LogP contribution in [0.3, 0.4) is 0 Å². The van der Waals surface area contributed by atoms with Gasteiger partial charge >= 0.3 is 0 Å². The van der Waals surface area contributed by atoms with E-state index in [4.69, 9.17) is 4.74 Å². The molecule has 6 nitrogen and oxygen atoms in total. The third-order valence-corrected chi connectivity index (χ3v) is 1.84. The highest BCUT2D eigenvalue weighted by atomic mass is 16.5. The van der Waals surface area contributed by atoms with Gasteiger partial charge in [-0.3, -0.25) is 4.79 Å². The second-order valence-corrected chi connectivity index (χ2v) is 4.91. The molecule has 0 saturated carbocycles. The molecule has 0 heterocycles. The molecule has 0 rings (SSSR count). The monoisotopic (exact) mass is 258 g/mol. The fourth-order valence-electron chi connectivity index (χ4n) is 1.22. The van der Waals surface area contributed by atoms with Crippen LogP contribution >= 0.6 is 0 Å². The maximum absolute atomic E-state index is 11.6. The van der Waals surface area contributed by atoms with E-state index in [9.17, 15) is 4.79 Å². The van der Waals surface area contributed by atoms with Gasteiger partial charge in [0.05, 0.1) is 6.61 Å². The molecule has 0 aromatic heterocycles. The predicted molar refractivity (Wildman–Crippen MR) is 73.8 cm³/mol. The Morgan fingerprint density at radius 2 is 1.94 bits per heavy atom. The Bertz CT molecular complexity index is 272. The van der Waals surface area contributed by atoms with E-state index in [0.717, 1.165) is 6.54 Å². The molecule has 18 heavy (non-hydrogen) atoms. The van der Waals surface area contributed by atoms with Gasteiger partial charge in [-0.1, -0.05) is 0 Å².